The molecule has 2 N–H and O–H groups in total. The summed E-state index contributed by atoms with van der Waals surface area (Å²) in [7, 11) is 0. The summed E-state index contributed by atoms with van der Waals surface area (Å²) in [4.78, 5) is 11.1. The number of hydrogen-bond acceptors (Lipinski definition) is 2. The van der Waals surface area contributed by atoms with Crippen molar-refractivity contribution < 1.29 is 15.0 Å². The number of aliphatic hydroxyl groups is 1. The summed E-state index contributed by atoms with van der Waals surface area (Å²) in [6, 6.07) is 0. The van der Waals surface area contributed by atoms with Crippen LogP contribution >= 0.6 is 11.6 Å². The summed E-state index contributed by atoms with van der Waals surface area (Å²) in [5.74, 6) is 0.178. The number of unbranched alkanes of at least 4 members (excludes halogenated alkanes) is 1. The molecule has 0 saturated heterocycles. The first-order valence-corrected chi connectivity index (χ1v) is 7.90. The number of carbonyl (C=O) groups is 1. The summed E-state index contributed by atoms with van der Waals surface area (Å²) in [5, 5.41) is 18.8. The SMILES string of the molecule is CC(C)[C@@H](CCCC[C@@H](CCCCl)[C@H](C)O)C(=O)O. The normalized spacial score (nSPS) is 16.3. The van der Waals surface area contributed by atoms with E-state index in [1.807, 2.05) is 20.8 Å². The Balaban J connectivity index is 3.95. The first-order valence-electron chi connectivity index (χ1n) is 7.37. The number of hydrogen-bond donors (Lipinski definition) is 2. The Kier molecular flexibility index (Phi) is 10.3. The zero-order valence-electron chi connectivity index (χ0n) is 12.4. The van der Waals surface area contributed by atoms with E-state index in [0.29, 0.717) is 11.8 Å². The summed E-state index contributed by atoms with van der Waals surface area (Å²) in [5.41, 5.74) is 0. The number of rotatable bonds is 11. The lowest BCUT2D eigenvalue weighted by atomic mass is 9.88. The highest BCUT2D eigenvalue weighted by Gasteiger charge is 2.21. The van der Waals surface area contributed by atoms with Gasteiger partial charge in [0.1, 0.15) is 0 Å². The van der Waals surface area contributed by atoms with Crippen molar-refractivity contribution in [3.8, 4) is 0 Å². The summed E-state index contributed by atoms with van der Waals surface area (Å²) < 4.78 is 0. The molecule has 0 rings (SSSR count). The predicted octanol–water partition coefficient (Wildman–Crippen LogP) is 3.92. The Hall–Kier alpha value is -0.280. The van der Waals surface area contributed by atoms with Crippen LogP contribution in [0.5, 0.6) is 0 Å². The van der Waals surface area contributed by atoms with E-state index in [1.165, 1.54) is 0 Å². The van der Waals surface area contributed by atoms with E-state index < -0.39 is 5.97 Å². The van der Waals surface area contributed by atoms with Crippen LogP contribution in [0.1, 0.15) is 59.3 Å². The number of carboxylic acid groups (broad SMARTS) is 1. The molecular weight excluding hydrogens is 264 g/mol. The molecule has 0 aliphatic carbocycles. The average Bonchev–Trinajstić information content (AvgIpc) is 2.31. The van der Waals surface area contributed by atoms with Crippen LogP contribution in [0.25, 0.3) is 0 Å². The van der Waals surface area contributed by atoms with Crippen LogP contribution in [0.4, 0.5) is 0 Å². The zero-order chi connectivity index (χ0) is 14.8. The lowest BCUT2D eigenvalue weighted by Gasteiger charge is -2.20. The minimum Gasteiger partial charge on any atom is -0.481 e. The highest BCUT2D eigenvalue weighted by Crippen LogP contribution is 2.23. The molecule has 4 heteroatoms. The van der Waals surface area contributed by atoms with Crippen molar-refractivity contribution in [2.24, 2.45) is 17.8 Å². The third kappa shape index (κ3) is 8.48. The summed E-state index contributed by atoms with van der Waals surface area (Å²) in [6.45, 7) is 5.74. The highest BCUT2D eigenvalue weighted by molar-refractivity contribution is 6.17. The molecule has 0 aromatic carbocycles. The molecule has 0 radical (unpaired) electrons. The van der Waals surface area contributed by atoms with Gasteiger partial charge in [-0.05, 0) is 44.4 Å². The molecule has 0 fully saturated rings. The van der Waals surface area contributed by atoms with E-state index in [9.17, 15) is 9.90 Å². The van der Waals surface area contributed by atoms with Gasteiger partial charge in [-0.3, -0.25) is 4.79 Å². The van der Waals surface area contributed by atoms with Gasteiger partial charge in [0.25, 0.3) is 0 Å². The maximum Gasteiger partial charge on any atom is 0.306 e. The second-order valence-corrected chi connectivity index (χ2v) is 6.18. The van der Waals surface area contributed by atoms with Gasteiger partial charge in [0, 0.05) is 5.88 Å². The molecule has 0 aromatic heterocycles. The first-order chi connectivity index (χ1) is 8.90. The fraction of sp³-hybridized carbons (Fsp3) is 0.933. The second-order valence-electron chi connectivity index (χ2n) is 5.81. The summed E-state index contributed by atoms with van der Waals surface area (Å²) in [6.07, 6.45) is 5.17. The molecule has 3 nitrogen and oxygen atoms in total. The third-order valence-corrected chi connectivity index (χ3v) is 4.12. The second kappa shape index (κ2) is 10.5. The lowest BCUT2D eigenvalue weighted by molar-refractivity contribution is -0.143. The maximum atomic E-state index is 11.1. The number of halogens is 1. The highest BCUT2D eigenvalue weighted by atomic mass is 35.5. The van der Waals surface area contributed by atoms with E-state index in [-0.39, 0.29) is 17.9 Å². The molecular formula is C15H29ClO3. The molecule has 0 heterocycles. The molecule has 0 aliphatic rings. The van der Waals surface area contributed by atoms with Gasteiger partial charge in [-0.25, -0.2) is 0 Å². The monoisotopic (exact) mass is 292 g/mol. The van der Waals surface area contributed by atoms with E-state index in [0.717, 1.165) is 38.5 Å². The minimum atomic E-state index is -0.691. The van der Waals surface area contributed by atoms with Crippen LogP contribution < -0.4 is 0 Å². The molecule has 0 aliphatic heterocycles. The van der Waals surface area contributed by atoms with Crippen molar-refractivity contribution in [2.75, 3.05) is 5.88 Å². The molecule has 0 saturated carbocycles. The fourth-order valence-electron chi connectivity index (χ4n) is 2.48. The van der Waals surface area contributed by atoms with E-state index >= 15 is 0 Å². The van der Waals surface area contributed by atoms with Crippen molar-refractivity contribution in [1.82, 2.24) is 0 Å². The van der Waals surface area contributed by atoms with Crippen molar-refractivity contribution >= 4 is 17.6 Å². The van der Waals surface area contributed by atoms with Gasteiger partial charge in [-0.2, -0.15) is 0 Å². The van der Waals surface area contributed by atoms with Crippen LogP contribution in [-0.2, 0) is 4.79 Å². The van der Waals surface area contributed by atoms with Crippen molar-refractivity contribution in [2.45, 2.75) is 65.4 Å². The Morgan fingerprint density at radius 1 is 1.05 bits per heavy atom. The van der Waals surface area contributed by atoms with Gasteiger partial charge in [0.05, 0.1) is 12.0 Å². The first kappa shape index (κ1) is 18.7. The standard InChI is InChI=1S/C15H29ClO3/c1-11(2)14(15(18)19)9-5-4-7-13(12(3)17)8-6-10-16/h11-14,17H,4-10H2,1-3H3,(H,18,19)/t12-,13-,14+/m0/s1. The van der Waals surface area contributed by atoms with Crippen molar-refractivity contribution in [1.29, 1.82) is 0 Å². The molecule has 0 amide bonds. The minimum absolute atomic E-state index is 0.182. The molecule has 19 heavy (non-hydrogen) atoms. The number of aliphatic carboxylic acids is 1. The Morgan fingerprint density at radius 3 is 2.00 bits per heavy atom. The summed E-state index contributed by atoms with van der Waals surface area (Å²) >= 11 is 5.68. The third-order valence-electron chi connectivity index (χ3n) is 3.85. The Bertz CT molecular complexity index is 242. The molecule has 3 atom stereocenters. The number of carboxylic acids is 1. The van der Waals surface area contributed by atoms with Crippen LogP contribution in [0.2, 0.25) is 0 Å². The Labute approximate surface area is 122 Å². The topological polar surface area (TPSA) is 57.5 Å². The van der Waals surface area contributed by atoms with Crippen molar-refractivity contribution in [3.05, 3.63) is 0 Å². The number of alkyl halides is 1. The smallest absolute Gasteiger partial charge is 0.306 e. The van der Waals surface area contributed by atoms with E-state index in [2.05, 4.69) is 0 Å². The van der Waals surface area contributed by atoms with Gasteiger partial charge >= 0.3 is 5.97 Å². The predicted molar refractivity (Wildman–Crippen MR) is 79.6 cm³/mol. The molecule has 114 valence electrons. The quantitative estimate of drug-likeness (QED) is 0.448. The largest absolute Gasteiger partial charge is 0.481 e. The van der Waals surface area contributed by atoms with Gasteiger partial charge in [0.2, 0.25) is 0 Å². The van der Waals surface area contributed by atoms with E-state index in [4.69, 9.17) is 16.7 Å². The van der Waals surface area contributed by atoms with Crippen LogP contribution in [-0.4, -0.2) is 28.2 Å². The van der Waals surface area contributed by atoms with Crippen molar-refractivity contribution in [3.63, 3.8) is 0 Å². The van der Waals surface area contributed by atoms with Crippen LogP contribution in [0.15, 0.2) is 0 Å². The number of aliphatic hydroxyl groups excluding tert-OH is 1. The van der Waals surface area contributed by atoms with Gasteiger partial charge < -0.3 is 10.2 Å². The maximum absolute atomic E-state index is 11.1. The average molecular weight is 293 g/mol. The van der Waals surface area contributed by atoms with Gasteiger partial charge in [-0.1, -0.05) is 26.7 Å². The van der Waals surface area contributed by atoms with Crippen LogP contribution in [0, 0.1) is 17.8 Å². The molecule has 0 spiro atoms. The zero-order valence-corrected chi connectivity index (χ0v) is 13.2. The molecule has 0 unspecified atom stereocenters. The Morgan fingerprint density at radius 2 is 1.58 bits per heavy atom. The fourth-order valence-corrected chi connectivity index (χ4v) is 2.63. The molecule has 0 aromatic rings. The van der Waals surface area contributed by atoms with Crippen LogP contribution in [0.3, 0.4) is 0 Å². The van der Waals surface area contributed by atoms with E-state index in [1.54, 1.807) is 0 Å². The van der Waals surface area contributed by atoms with Gasteiger partial charge in [0.15, 0.2) is 0 Å². The van der Waals surface area contributed by atoms with Gasteiger partial charge in [-0.15, -0.1) is 11.6 Å². The molecule has 0 bridgehead atoms. The lowest BCUT2D eigenvalue weighted by Crippen LogP contribution is -2.20.